The van der Waals surface area contributed by atoms with Crippen LogP contribution in [0.3, 0.4) is 0 Å². The Morgan fingerprint density at radius 1 is 0.960 bits per heavy atom. The van der Waals surface area contributed by atoms with E-state index in [2.05, 4.69) is 10.6 Å². The van der Waals surface area contributed by atoms with Gasteiger partial charge >= 0.3 is 0 Å². The molecule has 2 aliphatic carbocycles. The van der Waals surface area contributed by atoms with E-state index >= 15 is 0 Å². The molecule has 4 nitrogen and oxygen atoms in total. The van der Waals surface area contributed by atoms with Crippen molar-refractivity contribution in [2.45, 2.75) is 32.1 Å². The highest BCUT2D eigenvalue weighted by Crippen LogP contribution is 2.50. The number of anilines is 2. The monoisotopic (exact) mass is 354 g/mol. The maximum Gasteiger partial charge on any atom is 0.265 e. The first-order valence-corrected chi connectivity index (χ1v) is 9.82. The molecule has 4 rings (SSSR count). The number of hydrogen-bond donors (Lipinski definition) is 2. The van der Waals surface area contributed by atoms with Crippen LogP contribution in [-0.4, -0.2) is 11.8 Å². The van der Waals surface area contributed by atoms with E-state index in [-0.39, 0.29) is 11.8 Å². The summed E-state index contributed by atoms with van der Waals surface area (Å²) in [7, 11) is 0. The number of hydrogen-bond acceptors (Lipinski definition) is 3. The van der Waals surface area contributed by atoms with Crippen LogP contribution in [0.25, 0.3) is 0 Å². The predicted molar refractivity (Wildman–Crippen MR) is 101 cm³/mol. The molecule has 2 saturated carbocycles. The SMILES string of the molecule is O=C(CC(C1CC1)C1CC1)Nc1ccc(NC(=O)c2cccs2)cc1. The Morgan fingerprint density at radius 3 is 2.08 bits per heavy atom. The highest BCUT2D eigenvalue weighted by molar-refractivity contribution is 7.12. The van der Waals surface area contributed by atoms with Crippen LogP contribution >= 0.6 is 11.3 Å². The molecule has 2 amide bonds. The van der Waals surface area contributed by atoms with E-state index < -0.39 is 0 Å². The Hall–Kier alpha value is -2.14. The molecule has 130 valence electrons. The molecule has 25 heavy (non-hydrogen) atoms. The van der Waals surface area contributed by atoms with Gasteiger partial charge in [0.1, 0.15) is 0 Å². The minimum atomic E-state index is -0.108. The van der Waals surface area contributed by atoms with Crippen molar-refractivity contribution in [3.63, 3.8) is 0 Å². The molecule has 1 aromatic carbocycles. The van der Waals surface area contributed by atoms with Gasteiger partial charge in [-0.15, -0.1) is 11.3 Å². The summed E-state index contributed by atoms with van der Waals surface area (Å²) >= 11 is 1.41. The molecule has 2 aliphatic rings. The number of carbonyl (C=O) groups is 2. The zero-order chi connectivity index (χ0) is 17.2. The molecule has 0 aliphatic heterocycles. The lowest BCUT2D eigenvalue weighted by atomic mass is 9.94. The molecular formula is C20H22N2O2S. The Labute approximate surface area is 151 Å². The molecule has 2 N–H and O–H groups in total. The number of rotatable bonds is 7. The number of nitrogens with one attached hydrogen (secondary N) is 2. The van der Waals surface area contributed by atoms with Crippen molar-refractivity contribution in [1.82, 2.24) is 0 Å². The van der Waals surface area contributed by atoms with Gasteiger partial charge in [0, 0.05) is 17.8 Å². The first-order chi connectivity index (χ1) is 12.2. The van der Waals surface area contributed by atoms with Crippen LogP contribution in [0.5, 0.6) is 0 Å². The topological polar surface area (TPSA) is 58.2 Å². The van der Waals surface area contributed by atoms with Crippen molar-refractivity contribution in [3.05, 3.63) is 46.7 Å². The summed E-state index contributed by atoms with van der Waals surface area (Å²) in [5, 5.41) is 7.74. The first kappa shape index (κ1) is 16.3. The smallest absolute Gasteiger partial charge is 0.265 e. The average molecular weight is 354 g/mol. The third-order valence-corrected chi connectivity index (χ3v) is 5.92. The summed E-state index contributed by atoms with van der Waals surface area (Å²) in [5.41, 5.74) is 1.51. The van der Waals surface area contributed by atoms with Gasteiger partial charge in [-0.1, -0.05) is 6.07 Å². The molecule has 0 saturated heterocycles. The van der Waals surface area contributed by atoms with Gasteiger partial charge in [-0.25, -0.2) is 0 Å². The number of amides is 2. The highest BCUT2D eigenvalue weighted by atomic mass is 32.1. The fourth-order valence-corrected chi connectivity index (χ4v) is 4.05. The lowest BCUT2D eigenvalue weighted by molar-refractivity contribution is -0.117. The van der Waals surface area contributed by atoms with Crippen molar-refractivity contribution in [3.8, 4) is 0 Å². The molecule has 2 fully saturated rings. The van der Waals surface area contributed by atoms with E-state index in [1.54, 1.807) is 6.07 Å². The molecular weight excluding hydrogens is 332 g/mol. The van der Waals surface area contributed by atoms with Crippen LogP contribution in [0, 0.1) is 17.8 Å². The standard InChI is InChI=1S/C20H22N2O2S/c23-19(12-17(13-3-4-13)14-5-6-14)21-15-7-9-16(10-8-15)22-20(24)18-2-1-11-25-18/h1-2,7-11,13-14,17H,3-6,12H2,(H,21,23)(H,22,24). The maximum atomic E-state index is 12.3. The first-order valence-electron chi connectivity index (χ1n) is 8.94. The largest absolute Gasteiger partial charge is 0.326 e. The predicted octanol–water partition coefficient (Wildman–Crippen LogP) is 4.77. The third-order valence-electron chi connectivity index (χ3n) is 5.05. The fraction of sp³-hybridized carbons (Fsp3) is 0.400. The van der Waals surface area contributed by atoms with Gasteiger partial charge < -0.3 is 10.6 Å². The normalized spacial score (nSPS) is 16.7. The quantitative estimate of drug-likeness (QED) is 0.753. The van der Waals surface area contributed by atoms with Crippen LogP contribution < -0.4 is 10.6 Å². The Morgan fingerprint density at radius 2 is 1.56 bits per heavy atom. The Kier molecular flexibility index (Phi) is 4.57. The molecule has 5 heteroatoms. The Bertz CT molecular complexity index is 735. The number of thiophene rings is 1. The number of carbonyl (C=O) groups excluding carboxylic acids is 2. The minimum absolute atomic E-state index is 0.108. The summed E-state index contributed by atoms with van der Waals surface area (Å²) in [5.74, 6) is 2.16. The van der Waals surface area contributed by atoms with E-state index in [1.165, 1.54) is 37.0 Å². The van der Waals surface area contributed by atoms with Crippen molar-refractivity contribution in [1.29, 1.82) is 0 Å². The third kappa shape index (κ3) is 4.28. The van der Waals surface area contributed by atoms with Crippen molar-refractivity contribution in [2.75, 3.05) is 10.6 Å². The van der Waals surface area contributed by atoms with Gasteiger partial charge in [0.15, 0.2) is 0 Å². The van der Waals surface area contributed by atoms with Crippen LogP contribution in [0.2, 0.25) is 0 Å². The van der Waals surface area contributed by atoms with Gasteiger partial charge in [0.25, 0.3) is 5.91 Å². The molecule has 1 aromatic heterocycles. The van der Waals surface area contributed by atoms with Crippen LogP contribution in [0.4, 0.5) is 11.4 Å². The molecule has 0 radical (unpaired) electrons. The van der Waals surface area contributed by atoms with Gasteiger partial charge in [0.05, 0.1) is 4.88 Å². The molecule has 0 atom stereocenters. The zero-order valence-corrected chi connectivity index (χ0v) is 14.9. The van der Waals surface area contributed by atoms with Gasteiger partial charge in [0.2, 0.25) is 5.91 Å². The minimum Gasteiger partial charge on any atom is -0.326 e. The maximum absolute atomic E-state index is 12.3. The second kappa shape index (κ2) is 7.00. The van der Waals surface area contributed by atoms with Crippen molar-refractivity contribution >= 4 is 34.5 Å². The van der Waals surface area contributed by atoms with Crippen LogP contribution in [-0.2, 0) is 4.79 Å². The Balaban J connectivity index is 1.30. The van der Waals surface area contributed by atoms with E-state index in [9.17, 15) is 9.59 Å². The lowest BCUT2D eigenvalue weighted by Gasteiger charge is -2.15. The molecule has 0 spiro atoms. The zero-order valence-electron chi connectivity index (χ0n) is 14.0. The summed E-state index contributed by atoms with van der Waals surface area (Å²) in [4.78, 5) is 25.0. The average Bonchev–Trinajstić information content (AvgIpc) is 3.54. The van der Waals surface area contributed by atoms with Crippen LogP contribution in [0.15, 0.2) is 41.8 Å². The second-order valence-electron chi connectivity index (χ2n) is 7.10. The van der Waals surface area contributed by atoms with Gasteiger partial charge in [-0.2, -0.15) is 0 Å². The van der Waals surface area contributed by atoms with Gasteiger partial charge in [-0.3, -0.25) is 9.59 Å². The van der Waals surface area contributed by atoms with E-state index in [0.717, 1.165) is 23.2 Å². The second-order valence-corrected chi connectivity index (χ2v) is 8.05. The van der Waals surface area contributed by atoms with E-state index in [4.69, 9.17) is 0 Å². The van der Waals surface area contributed by atoms with Gasteiger partial charge in [-0.05, 0) is 79.1 Å². The summed E-state index contributed by atoms with van der Waals surface area (Å²) < 4.78 is 0. The summed E-state index contributed by atoms with van der Waals surface area (Å²) in [6, 6.07) is 11.0. The molecule has 0 unspecified atom stereocenters. The summed E-state index contributed by atoms with van der Waals surface area (Å²) in [6.07, 6.45) is 5.84. The highest BCUT2D eigenvalue weighted by Gasteiger charge is 2.42. The molecule has 0 bridgehead atoms. The van der Waals surface area contributed by atoms with E-state index in [1.807, 2.05) is 35.7 Å². The fourth-order valence-electron chi connectivity index (χ4n) is 3.43. The summed E-state index contributed by atoms with van der Waals surface area (Å²) in [6.45, 7) is 0. The van der Waals surface area contributed by atoms with Crippen molar-refractivity contribution in [2.24, 2.45) is 17.8 Å². The van der Waals surface area contributed by atoms with Crippen LogP contribution in [0.1, 0.15) is 41.8 Å². The number of benzene rings is 1. The van der Waals surface area contributed by atoms with E-state index in [0.29, 0.717) is 17.2 Å². The molecule has 2 aromatic rings. The lowest BCUT2D eigenvalue weighted by Crippen LogP contribution is -2.19. The molecule has 1 heterocycles. The van der Waals surface area contributed by atoms with Crippen molar-refractivity contribution < 1.29 is 9.59 Å².